The van der Waals surface area contributed by atoms with Crippen LogP contribution in [0, 0.1) is 10.1 Å². The monoisotopic (exact) mass is 413 g/mol. The van der Waals surface area contributed by atoms with Crippen LogP contribution in [0.5, 0.6) is 11.5 Å². The Labute approximate surface area is 172 Å². The SMILES string of the molecule is CCN1C(=O)/C(=C\c2ccc(OC)c([N+](=O)[O-])c2)SC1=Nc1ccc(OC)cc1. The van der Waals surface area contributed by atoms with Crippen molar-refractivity contribution in [1.29, 1.82) is 0 Å². The molecule has 0 bridgehead atoms. The number of rotatable bonds is 6. The molecule has 3 rings (SSSR count). The Kier molecular flexibility index (Phi) is 6.18. The molecule has 0 atom stereocenters. The summed E-state index contributed by atoms with van der Waals surface area (Å²) >= 11 is 1.23. The fraction of sp³-hybridized carbons (Fsp3) is 0.200. The van der Waals surface area contributed by atoms with Crippen LogP contribution in [0.25, 0.3) is 6.08 Å². The van der Waals surface area contributed by atoms with Crippen molar-refractivity contribution in [3.05, 3.63) is 63.0 Å². The number of amidine groups is 1. The summed E-state index contributed by atoms with van der Waals surface area (Å²) in [6.07, 6.45) is 1.62. The minimum Gasteiger partial charge on any atom is -0.497 e. The normalized spacial score (nSPS) is 16.5. The maximum Gasteiger partial charge on any atom is 0.311 e. The highest BCUT2D eigenvalue weighted by Gasteiger charge is 2.32. The third-order valence-electron chi connectivity index (χ3n) is 4.20. The molecule has 1 fully saturated rings. The van der Waals surface area contributed by atoms with Gasteiger partial charge in [0.05, 0.1) is 29.7 Å². The van der Waals surface area contributed by atoms with Crippen LogP contribution < -0.4 is 9.47 Å². The number of carbonyl (C=O) groups excluding carboxylic acids is 1. The van der Waals surface area contributed by atoms with E-state index < -0.39 is 4.92 Å². The van der Waals surface area contributed by atoms with Crippen LogP contribution in [-0.4, -0.2) is 41.7 Å². The predicted octanol–water partition coefficient (Wildman–Crippen LogP) is 4.24. The van der Waals surface area contributed by atoms with E-state index in [9.17, 15) is 14.9 Å². The van der Waals surface area contributed by atoms with E-state index in [-0.39, 0.29) is 17.3 Å². The molecule has 0 N–H and O–H groups in total. The number of hydrogen-bond acceptors (Lipinski definition) is 7. The van der Waals surface area contributed by atoms with E-state index in [2.05, 4.69) is 4.99 Å². The van der Waals surface area contributed by atoms with E-state index >= 15 is 0 Å². The van der Waals surface area contributed by atoms with Gasteiger partial charge in [-0.1, -0.05) is 6.07 Å². The van der Waals surface area contributed by atoms with Crippen LogP contribution in [0.3, 0.4) is 0 Å². The van der Waals surface area contributed by atoms with Crippen LogP contribution in [0.2, 0.25) is 0 Å². The van der Waals surface area contributed by atoms with Crippen molar-refractivity contribution in [2.24, 2.45) is 4.99 Å². The first-order valence-electron chi connectivity index (χ1n) is 8.73. The average Bonchev–Trinajstić information content (AvgIpc) is 3.02. The lowest BCUT2D eigenvalue weighted by Crippen LogP contribution is -2.28. The first-order chi connectivity index (χ1) is 14.0. The van der Waals surface area contributed by atoms with Gasteiger partial charge in [0.15, 0.2) is 10.9 Å². The number of methoxy groups -OCH3 is 2. The van der Waals surface area contributed by atoms with Crippen molar-refractivity contribution in [3.63, 3.8) is 0 Å². The maximum absolute atomic E-state index is 12.8. The number of carbonyl (C=O) groups is 1. The molecule has 0 radical (unpaired) electrons. The highest BCUT2D eigenvalue weighted by atomic mass is 32.2. The van der Waals surface area contributed by atoms with Crippen molar-refractivity contribution in [1.82, 2.24) is 4.90 Å². The zero-order valence-corrected chi connectivity index (χ0v) is 16.9. The van der Waals surface area contributed by atoms with Gasteiger partial charge >= 0.3 is 5.69 Å². The lowest BCUT2D eigenvalue weighted by molar-refractivity contribution is -0.385. The predicted molar refractivity (Wildman–Crippen MR) is 113 cm³/mol. The van der Waals surface area contributed by atoms with E-state index in [1.54, 1.807) is 48.4 Å². The molecular formula is C20H19N3O5S. The van der Waals surface area contributed by atoms with Gasteiger partial charge in [0.25, 0.3) is 5.91 Å². The molecule has 1 amide bonds. The zero-order valence-electron chi connectivity index (χ0n) is 16.1. The second-order valence-electron chi connectivity index (χ2n) is 5.94. The summed E-state index contributed by atoms with van der Waals surface area (Å²) in [6, 6.07) is 11.8. The van der Waals surface area contributed by atoms with Gasteiger partial charge in [-0.3, -0.25) is 19.8 Å². The molecule has 1 aliphatic heterocycles. The summed E-state index contributed by atoms with van der Waals surface area (Å²) in [5.74, 6) is 0.695. The quantitative estimate of drug-likeness (QED) is 0.399. The molecule has 1 saturated heterocycles. The van der Waals surface area contributed by atoms with Crippen LogP contribution in [0.4, 0.5) is 11.4 Å². The van der Waals surface area contributed by atoms with Gasteiger partial charge in [0.1, 0.15) is 5.75 Å². The minimum absolute atomic E-state index is 0.156. The summed E-state index contributed by atoms with van der Waals surface area (Å²) in [6.45, 7) is 2.32. The van der Waals surface area contributed by atoms with E-state index in [4.69, 9.17) is 9.47 Å². The highest BCUT2D eigenvalue weighted by molar-refractivity contribution is 8.18. The highest BCUT2D eigenvalue weighted by Crippen LogP contribution is 2.35. The molecule has 0 spiro atoms. The molecule has 2 aromatic rings. The fourth-order valence-corrected chi connectivity index (χ4v) is 3.79. The number of aliphatic imine (C=N–C) groups is 1. The molecule has 1 aliphatic rings. The Balaban J connectivity index is 1.93. The van der Waals surface area contributed by atoms with E-state index in [1.165, 1.54) is 31.0 Å². The van der Waals surface area contributed by atoms with Crippen LogP contribution in [0.1, 0.15) is 12.5 Å². The molecule has 0 unspecified atom stereocenters. The van der Waals surface area contributed by atoms with Crippen LogP contribution in [0.15, 0.2) is 52.4 Å². The van der Waals surface area contributed by atoms with Gasteiger partial charge in [0, 0.05) is 12.6 Å². The van der Waals surface area contributed by atoms with Crippen molar-refractivity contribution in [3.8, 4) is 11.5 Å². The molecule has 8 nitrogen and oxygen atoms in total. The Hall–Kier alpha value is -3.33. The number of nitro benzene ring substituents is 1. The van der Waals surface area contributed by atoms with Crippen molar-refractivity contribution in [2.45, 2.75) is 6.92 Å². The van der Waals surface area contributed by atoms with Crippen molar-refractivity contribution < 1.29 is 19.2 Å². The summed E-state index contributed by atoms with van der Waals surface area (Å²) in [4.78, 5) is 30.0. The maximum atomic E-state index is 12.8. The van der Waals surface area contributed by atoms with Gasteiger partial charge < -0.3 is 9.47 Å². The Morgan fingerprint density at radius 1 is 1.17 bits per heavy atom. The number of benzene rings is 2. The summed E-state index contributed by atoms with van der Waals surface area (Å²) in [5.41, 5.74) is 1.08. The number of ether oxygens (including phenoxy) is 2. The number of hydrogen-bond donors (Lipinski definition) is 0. The molecule has 150 valence electrons. The summed E-state index contributed by atoms with van der Waals surface area (Å²) in [5, 5.41) is 11.8. The van der Waals surface area contributed by atoms with Crippen LogP contribution in [-0.2, 0) is 4.79 Å². The molecule has 0 saturated carbocycles. The third-order valence-corrected chi connectivity index (χ3v) is 5.21. The molecule has 9 heteroatoms. The van der Waals surface area contributed by atoms with Gasteiger partial charge in [0.2, 0.25) is 0 Å². The number of thioether (sulfide) groups is 1. The first-order valence-corrected chi connectivity index (χ1v) is 9.55. The third kappa shape index (κ3) is 4.40. The molecular weight excluding hydrogens is 394 g/mol. The molecule has 0 aliphatic carbocycles. The first kappa shape index (κ1) is 20.4. The zero-order chi connectivity index (χ0) is 21.0. The topological polar surface area (TPSA) is 94.3 Å². The Morgan fingerprint density at radius 2 is 1.90 bits per heavy atom. The van der Waals surface area contributed by atoms with Crippen LogP contribution >= 0.6 is 11.8 Å². The standard InChI is InChI=1S/C20H19N3O5S/c1-4-22-19(24)18(12-13-5-10-17(28-3)16(11-13)23(25)26)29-20(22)21-14-6-8-15(27-2)9-7-14/h5-12H,4H2,1-3H3/b18-12+,21-20?. The smallest absolute Gasteiger partial charge is 0.311 e. The van der Waals surface area contributed by atoms with Crippen molar-refractivity contribution >= 4 is 40.3 Å². The lowest BCUT2D eigenvalue weighted by atomic mass is 10.1. The number of likely N-dealkylation sites (N-methyl/N-ethyl adjacent to an activating group) is 1. The number of nitrogens with zero attached hydrogens (tertiary/aromatic N) is 3. The largest absolute Gasteiger partial charge is 0.497 e. The van der Waals surface area contributed by atoms with E-state index in [1.807, 2.05) is 6.92 Å². The molecule has 2 aromatic carbocycles. The second-order valence-corrected chi connectivity index (χ2v) is 6.95. The summed E-state index contributed by atoms with van der Waals surface area (Å²) < 4.78 is 10.2. The minimum atomic E-state index is -0.515. The molecule has 0 aromatic heterocycles. The van der Waals surface area contributed by atoms with E-state index in [0.29, 0.717) is 27.9 Å². The van der Waals surface area contributed by atoms with Gasteiger partial charge in [-0.05, 0) is 60.7 Å². The molecule has 1 heterocycles. The molecule has 29 heavy (non-hydrogen) atoms. The summed E-state index contributed by atoms with van der Waals surface area (Å²) in [7, 11) is 2.96. The van der Waals surface area contributed by atoms with E-state index in [0.717, 1.165) is 5.75 Å². The fourth-order valence-electron chi connectivity index (χ4n) is 2.73. The van der Waals surface area contributed by atoms with Gasteiger partial charge in [-0.15, -0.1) is 0 Å². The second kappa shape index (κ2) is 8.78. The number of amides is 1. The number of nitro groups is 1. The lowest BCUT2D eigenvalue weighted by Gasteiger charge is -2.12. The Morgan fingerprint density at radius 3 is 2.48 bits per heavy atom. The Bertz CT molecular complexity index is 1000. The van der Waals surface area contributed by atoms with Gasteiger partial charge in [-0.25, -0.2) is 4.99 Å². The van der Waals surface area contributed by atoms with Gasteiger partial charge in [-0.2, -0.15) is 0 Å². The van der Waals surface area contributed by atoms with Crippen molar-refractivity contribution in [2.75, 3.05) is 20.8 Å². The average molecular weight is 413 g/mol.